The van der Waals surface area contributed by atoms with Crippen molar-refractivity contribution in [3.63, 3.8) is 0 Å². The minimum atomic E-state index is -0.945. The molecular weight excluding hydrogens is 252 g/mol. The highest BCUT2D eigenvalue weighted by Gasteiger charge is 2.10. The first-order valence-corrected chi connectivity index (χ1v) is 5.92. The lowest BCUT2D eigenvalue weighted by Gasteiger charge is -2.14. The number of hydrogen-bond acceptors (Lipinski definition) is 3. The maximum absolute atomic E-state index is 13.1. The highest BCUT2D eigenvalue weighted by molar-refractivity contribution is 5.29. The molecule has 0 amide bonds. The quantitative estimate of drug-likeness (QED) is 0.871. The third-order valence-corrected chi connectivity index (χ3v) is 2.78. The minimum absolute atomic E-state index is 0.120. The number of nitrogens with zero attached hydrogens (tertiary/aromatic N) is 2. The molecule has 2 aromatic rings. The standard InChI is InChI=1S/C13H15F2N3O/c1-9(7-18-3-2-16-8-18)17-6-10-4-11(14)13(19)12(15)5-10/h2-5,8-9,17,19H,6-7H2,1H3. The van der Waals surface area contributed by atoms with Crippen molar-refractivity contribution in [2.24, 2.45) is 0 Å². The number of halogens is 2. The normalized spacial score (nSPS) is 12.6. The Hall–Kier alpha value is -1.95. The van der Waals surface area contributed by atoms with E-state index in [2.05, 4.69) is 10.3 Å². The lowest BCUT2D eigenvalue weighted by molar-refractivity contribution is 0.394. The van der Waals surface area contributed by atoms with Gasteiger partial charge in [-0.05, 0) is 24.6 Å². The molecule has 1 heterocycles. The molecule has 0 fully saturated rings. The molecule has 0 aliphatic heterocycles. The van der Waals surface area contributed by atoms with Gasteiger partial charge in [0.2, 0.25) is 0 Å². The second-order valence-electron chi connectivity index (χ2n) is 4.45. The summed E-state index contributed by atoms with van der Waals surface area (Å²) in [5, 5.41) is 12.1. The summed E-state index contributed by atoms with van der Waals surface area (Å²) in [5.74, 6) is -2.83. The molecule has 6 heteroatoms. The van der Waals surface area contributed by atoms with E-state index in [1.807, 2.05) is 17.7 Å². The van der Waals surface area contributed by atoms with E-state index in [0.29, 0.717) is 18.7 Å². The highest BCUT2D eigenvalue weighted by Crippen LogP contribution is 2.21. The van der Waals surface area contributed by atoms with E-state index >= 15 is 0 Å². The van der Waals surface area contributed by atoms with Crippen molar-refractivity contribution in [1.82, 2.24) is 14.9 Å². The molecule has 0 spiro atoms. The van der Waals surface area contributed by atoms with Crippen LogP contribution in [-0.4, -0.2) is 20.7 Å². The third kappa shape index (κ3) is 3.51. The summed E-state index contributed by atoms with van der Waals surface area (Å²) in [4.78, 5) is 3.93. The molecule has 2 N–H and O–H groups in total. The molecule has 0 saturated heterocycles. The molecule has 2 rings (SSSR count). The van der Waals surface area contributed by atoms with Crippen molar-refractivity contribution in [2.75, 3.05) is 0 Å². The minimum Gasteiger partial charge on any atom is -0.503 e. The zero-order chi connectivity index (χ0) is 13.8. The summed E-state index contributed by atoms with van der Waals surface area (Å²) in [6.45, 7) is 3.00. The zero-order valence-electron chi connectivity index (χ0n) is 10.5. The largest absolute Gasteiger partial charge is 0.503 e. The van der Waals surface area contributed by atoms with E-state index in [0.717, 1.165) is 12.1 Å². The smallest absolute Gasteiger partial charge is 0.187 e. The second-order valence-corrected chi connectivity index (χ2v) is 4.45. The van der Waals surface area contributed by atoms with Crippen molar-refractivity contribution in [2.45, 2.75) is 26.1 Å². The molecule has 0 saturated carbocycles. The zero-order valence-corrected chi connectivity index (χ0v) is 10.5. The van der Waals surface area contributed by atoms with Crippen LogP contribution in [-0.2, 0) is 13.1 Å². The molecular formula is C13H15F2N3O. The van der Waals surface area contributed by atoms with E-state index in [1.165, 1.54) is 0 Å². The van der Waals surface area contributed by atoms with Gasteiger partial charge in [0, 0.05) is 31.5 Å². The van der Waals surface area contributed by atoms with E-state index in [4.69, 9.17) is 5.11 Å². The molecule has 0 aliphatic carbocycles. The molecule has 1 aromatic carbocycles. The van der Waals surface area contributed by atoms with Crippen LogP contribution >= 0.6 is 0 Å². The highest BCUT2D eigenvalue weighted by atomic mass is 19.1. The third-order valence-electron chi connectivity index (χ3n) is 2.78. The summed E-state index contributed by atoms with van der Waals surface area (Å²) in [6, 6.07) is 2.36. The van der Waals surface area contributed by atoms with Crippen molar-refractivity contribution < 1.29 is 13.9 Å². The van der Waals surface area contributed by atoms with Gasteiger partial charge in [-0.15, -0.1) is 0 Å². The van der Waals surface area contributed by atoms with Crippen LogP contribution in [0.5, 0.6) is 5.75 Å². The monoisotopic (exact) mass is 267 g/mol. The van der Waals surface area contributed by atoms with Crippen LogP contribution in [0.2, 0.25) is 0 Å². The number of benzene rings is 1. The van der Waals surface area contributed by atoms with Gasteiger partial charge in [-0.25, -0.2) is 13.8 Å². The average molecular weight is 267 g/mol. The molecule has 19 heavy (non-hydrogen) atoms. The molecule has 1 aromatic heterocycles. The van der Waals surface area contributed by atoms with Crippen molar-refractivity contribution in [3.05, 3.63) is 48.1 Å². The van der Waals surface area contributed by atoms with Gasteiger partial charge in [0.1, 0.15) is 0 Å². The number of aromatic nitrogens is 2. The van der Waals surface area contributed by atoms with Crippen molar-refractivity contribution >= 4 is 0 Å². The first-order chi connectivity index (χ1) is 9.06. The van der Waals surface area contributed by atoms with Gasteiger partial charge in [-0.3, -0.25) is 0 Å². The van der Waals surface area contributed by atoms with Crippen LogP contribution in [0.25, 0.3) is 0 Å². The van der Waals surface area contributed by atoms with Gasteiger partial charge in [-0.1, -0.05) is 0 Å². The van der Waals surface area contributed by atoms with Gasteiger partial charge in [0.05, 0.1) is 6.33 Å². The van der Waals surface area contributed by atoms with Crippen LogP contribution in [0.15, 0.2) is 30.9 Å². The fourth-order valence-electron chi connectivity index (χ4n) is 1.79. The van der Waals surface area contributed by atoms with Crippen molar-refractivity contribution in [3.8, 4) is 5.75 Å². The molecule has 1 atom stereocenters. The SMILES string of the molecule is CC(Cn1ccnc1)NCc1cc(F)c(O)c(F)c1. The van der Waals surface area contributed by atoms with Gasteiger partial charge in [0.15, 0.2) is 17.4 Å². The van der Waals surface area contributed by atoms with E-state index in [-0.39, 0.29) is 6.04 Å². The van der Waals surface area contributed by atoms with Crippen LogP contribution in [0.4, 0.5) is 8.78 Å². The van der Waals surface area contributed by atoms with Gasteiger partial charge >= 0.3 is 0 Å². The predicted molar refractivity (Wildman–Crippen MR) is 66.6 cm³/mol. The lowest BCUT2D eigenvalue weighted by Crippen LogP contribution is -2.29. The molecule has 1 unspecified atom stereocenters. The predicted octanol–water partition coefficient (Wildman–Crippen LogP) is 2.05. The Balaban J connectivity index is 1.91. The first kappa shape index (κ1) is 13.5. The Morgan fingerprint density at radius 1 is 1.37 bits per heavy atom. The summed E-state index contributed by atoms with van der Waals surface area (Å²) < 4.78 is 28.2. The van der Waals surface area contributed by atoms with Gasteiger partial charge < -0.3 is 15.0 Å². The number of aromatic hydroxyl groups is 1. The Labute approximate surface area is 109 Å². The summed E-state index contributed by atoms with van der Waals surface area (Å²) in [6.07, 6.45) is 5.24. The maximum Gasteiger partial charge on any atom is 0.187 e. The number of phenols is 1. The van der Waals surface area contributed by atoms with Gasteiger partial charge in [-0.2, -0.15) is 0 Å². The average Bonchev–Trinajstić information content (AvgIpc) is 2.86. The number of nitrogens with one attached hydrogen (secondary N) is 1. The van der Waals surface area contributed by atoms with Crippen LogP contribution in [0.1, 0.15) is 12.5 Å². The molecule has 102 valence electrons. The van der Waals surface area contributed by atoms with E-state index in [1.54, 1.807) is 12.5 Å². The Morgan fingerprint density at radius 3 is 2.63 bits per heavy atom. The van der Waals surface area contributed by atoms with E-state index < -0.39 is 17.4 Å². The fraction of sp³-hybridized carbons (Fsp3) is 0.308. The van der Waals surface area contributed by atoms with Gasteiger partial charge in [0.25, 0.3) is 0 Å². The Kier molecular flexibility index (Phi) is 4.11. The Bertz CT molecular complexity index is 520. The summed E-state index contributed by atoms with van der Waals surface area (Å²) in [5.41, 5.74) is 0.449. The maximum atomic E-state index is 13.1. The summed E-state index contributed by atoms with van der Waals surface area (Å²) in [7, 11) is 0. The number of hydrogen-bond donors (Lipinski definition) is 2. The van der Waals surface area contributed by atoms with E-state index in [9.17, 15) is 8.78 Å². The molecule has 0 radical (unpaired) electrons. The van der Waals surface area contributed by atoms with Crippen LogP contribution in [0.3, 0.4) is 0 Å². The first-order valence-electron chi connectivity index (χ1n) is 5.92. The topological polar surface area (TPSA) is 50.1 Å². The van der Waals surface area contributed by atoms with Crippen LogP contribution in [0, 0.1) is 11.6 Å². The number of imidazole rings is 1. The fourth-order valence-corrected chi connectivity index (χ4v) is 1.79. The number of phenolic OH excluding ortho intramolecular Hbond substituents is 1. The molecule has 4 nitrogen and oxygen atoms in total. The summed E-state index contributed by atoms with van der Waals surface area (Å²) >= 11 is 0. The van der Waals surface area contributed by atoms with Crippen molar-refractivity contribution in [1.29, 1.82) is 0 Å². The Morgan fingerprint density at radius 2 is 2.05 bits per heavy atom. The number of rotatable bonds is 5. The lowest BCUT2D eigenvalue weighted by atomic mass is 10.2. The molecule has 0 aliphatic rings. The van der Waals surface area contributed by atoms with Crippen LogP contribution < -0.4 is 5.32 Å². The molecule has 0 bridgehead atoms. The second kappa shape index (κ2) is 5.79.